The van der Waals surface area contributed by atoms with Crippen molar-refractivity contribution in [1.29, 1.82) is 0 Å². The van der Waals surface area contributed by atoms with Crippen LogP contribution in [0.3, 0.4) is 0 Å². The van der Waals surface area contributed by atoms with Crippen LogP contribution in [0.25, 0.3) is 76.5 Å². The molecule has 4 heteroatoms. The Balaban J connectivity index is 0.000000155. The highest BCUT2D eigenvalue weighted by molar-refractivity contribution is 6.12. The average Bonchev–Trinajstić information content (AvgIpc) is 1.83. The molecule has 0 amide bonds. The fourth-order valence-electron chi connectivity index (χ4n) is 12.2. The second kappa shape index (κ2) is 24.6. The smallest absolute Gasteiger partial charge is 0.0567 e. The molecule has 0 aliphatic rings. The first-order valence-electron chi connectivity index (χ1n) is 30.1. The number of anilines is 10. The van der Waals surface area contributed by atoms with Gasteiger partial charge in [-0.3, -0.25) is 0 Å². The van der Waals surface area contributed by atoms with E-state index in [1.54, 1.807) is 0 Å². The zero-order valence-electron chi connectivity index (χ0n) is 49.3. The molecule has 88 heavy (non-hydrogen) atoms. The summed E-state index contributed by atoms with van der Waals surface area (Å²) in [7, 11) is 4.29. The van der Waals surface area contributed by atoms with E-state index in [1.807, 2.05) is 0 Å². The molecule has 0 radical (unpaired) electrons. The van der Waals surface area contributed by atoms with Crippen molar-refractivity contribution < 1.29 is 0 Å². The average molecular weight is 1130 g/mol. The topological polar surface area (TPSA) is 13.0 Å². The standard InChI is InChI=1S/C43H32N2.C41H32N2/c1-44(43-41-17-9-7-13-35(41)29-36-14-8-10-18-42(36)43)37-24-19-32(20-25-37)33-21-26-39(27-22-33)45(38-15-3-2-4-16-38)40-28-23-31-11-5-6-12-34(31)30-40;1-42(40-18-10-15-36(29-40)31-11-4-2-5-12-31)37-24-19-33(20-25-37)34-21-26-39(27-22-34)43(38-16-6-3-7-17-38)41-28-23-32-13-8-9-14-35(32)30-41/h2-30H,1H3;2-30H,1H3. The fourth-order valence-corrected chi connectivity index (χ4v) is 12.2. The van der Waals surface area contributed by atoms with E-state index in [0.29, 0.717) is 0 Å². The van der Waals surface area contributed by atoms with Crippen LogP contribution in [0.5, 0.6) is 0 Å². The quantitative estimate of drug-likeness (QED) is 0.107. The van der Waals surface area contributed by atoms with Crippen molar-refractivity contribution in [2.45, 2.75) is 0 Å². The van der Waals surface area contributed by atoms with Gasteiger partial charge in [0.2, 0.25) is 0 Å². The molecule has 15 aromatic rings. The summed E-state index contributed by atoms with van der Waals surface area (Å²) < 4.78 is 0. The first-order valence-corrected chi connectivity index (χ1v) is 30.1. The number of hydrogen-bond acceptors (Lipinski definition) is 4. The third-order valence-electron chi connectivity index (χ3n) is 16.9. The first-order chi connectivity index (χ1) is 43.5. The summed E-state index contributed by atoms with van der Waals surface area (Å²) in [6.07, 6.45) is 0. The molecule has 0 saturated carbocycles. The summed E-state index contributed by atoms with van der Waals surface area (Å²) >= 11 is 0. The second-order valence-corrected chi connectivity index (χ2v) is 22.3. The molecule has 15 rings (SSSR count). The lowest BCUT2D eigenvalue weighted by Crippen LogP contribution is -2.10. The predicted molar refractivity (Wildman–Crippen MR) is 378 cm³/mol. The van der Waals surface area contributed by atoms with Gasteiger partial charge in [0.05, 0.1) is 5.69 Å². The van der Waals surface area contributed by atoms with Crippen LogP contribution in [0, 0.1) is 0 Å². The van der Waals surface area contributed by atoms with Gasteiger partial charge < -0.3 is 19.6 Å². The molecule has 0 aliphatic heterocycles. The predicted octanol–water partition coefficient (Wildman–Crippen LogP) is 23.5. The van der Waals surface area contributed by atoms with E-state index in [-0.39, 0.29) is 0 Å². The lowest BCUT2D eigenvalue weighted by molar-refractivity contribution is 1.21. The van der Waals surface area contributed by atoms with E-state index in [2.05, 4.69) is 386 Å². The molecule has 15 aromatic carbocycles. The van der Waals surface area contributed by atoms with Gasteiger partial charge >= 0.3 is 0 Å². The summed E-state index contributed by atoms with van der Waals surface area (Å²) in [4.78, 5) is 9.19. The van der Waals surface area contributed by atoms with E-state index >= 15 is 0 Å². The lowest BCUT2D eigenvalue weighted by Gasteiger charge is -2.26. The molecule has 0 heterocycles. The van der Waals surface area contributed by atoms with Crippen LogP contribution in [0.2, 0.25) is 0 Å². The Bertz CT molecular complexity index is 4800. The first kappa shape index (κ1) is 54.5. The Labute approximate surface area is 516 Å². The molecule has 4 nitrogen and oxygen atoms in total. The van der Waals surface area contributed by atoms with Crippen molar-refractivity contribution in [3.63, 3.8) is 0 Å². The number of fused-ring (bicyclic) bond motifs is 4. The SMILES string of the molecule is CN(c1ccc(-c2ccc(N(c3ccccc3)c3ccc4ccccc4c3)cc2)cc1)c1c2ccccc2cc2ccccc12.CN(c1ccc(-c2ccc(N(c3ccccc3)c3ccc4ccccc4c3)cc2)cc1)c1cccc(-c2ccccc2)c1. The molecule has 0 fully saturated rings. The van der Waals surface area contributed by atoms with Crippen LogP contribution >= 0.6 is 0 Å². The monoisotopic (exact) mass is 1130 g/mol. The summed E-state index contributed by atoms with van der Waals surface area (Å²) in [6.45, 7) is 0. The van der Waals surface area contributed by atoms with Crippen molar-refractivity contribution in [2.75, 3.05) is 33.7 Å². The molecule has 0 aromatic heterocycles. The van der Waals surface area contributed by atoms with E-state index < -0.39 is 0 Å². The van der Waals surface area contributed by atoms with E-state index in [9.17, 15) is 0 Å². The molecule has 0 spiro atoms. The van der Waals surface area contributed by atoms with Crippen LogP contribution in [-0.2, 0) is 0 Å². The number of nitrogens with zero attached hydrogens (tertiary/aromatic N) is 4. The summed E-state index contributed by atoms with van der Waals surface area (Å²) in [5.74, 6) is 0. The van der Waals surface area contributed by atoms with Gasteiger partial charge in [0.1, 0.15) is 0 Å². The zero-order chi connectivity index (χ0) is 59.2. The summed E-state index contributed by atoms with van der Waals surface area (Å²) in [5.41, 5.74) is 18.7. The maximum Gasteiger partial charge on any atom is 0.0567 e. The van der Waals surface area contributed by atoms with Crippen LogP contribution in [0.4, 0.5) is 56.9 Å². The van der Waals surface area contributed by atoms with Crippen molar-refractivity contribution in [3.05, 3.63) is 352 Å². The van der Waals surface area contributed by atoms with Crippen LogP contribution in [-0.4, -0.2) is 14.1 Å². The van der Waals surface area contributed by atoms with Crippen LogP contribution < -0.4 is 19.6 Å². The van der Waals surface area contributed by atoms with E-state index in [0.717, 1.165) is 51.2 Å². The van der Waals surface area contributed by atoms with Gasteiger partial charge in [-0.25, -0.2) is 0 Å². The highest BCUT2D eigenvalue weighted by Gasteiger charge is 2.18. The Morgan fingerprint density at radius 3 is 0.920 bits per heavy atom. The van der Waals surface area contributed by atoms with Crippen molar-refractivity contribution in [1.82, 2.24) is 0 Å². The third-order valence-corrected chi connectivity index (χ3v) is 16.9. The molecule has 0 N–H and O–H groups in total. The number of para-hydroxylation sites is 2. The van der Waals surface area contributed by atoms with Gasteiger partial charge in [-0.05, 0) is 181 Å². The third kappa shape index (κ3) is 11.3. The van der Waals surface area contributed by atoms with Gasteiger partial charge in [-0.1, -0.05) is 237 Å². The zero-order valence-corrected chi connectivity index (χ0v) is 49.3. The minimum absolute atomic E-state index is 1.12. The maximum atomic E-state index is 2.32. The Hall–Kier alpha value is -11.5. The molecule has 0 unspecified atom stereocenters. The molecular weight excluding hydrogens is 1060 g/mol. The highest BCUT2D eigenvalue weighted by Crippen LogP contribution is 2.42. The van der Waals surface area contributed by atoms with Gasteiger partial charge in [-0.15, -0.1) is 0 Å². The van der Waals surface area contributed by atoms with Crippen molar-refractivity contribution in [3.8, 4) is 33.4 Å². The summed E-state index contributed by atoms with van der Waals surface area (Å²) in [6, 6.07) is 126. The minimum atomic E-state index is 1.12. The van der Waals surface area contributed by atoms with Gasteiger partial charge in [0.25, 0.3) is 0 Å². The molecule has 0 aliphatic carbocycles. The lowest BCUT2D eigenvalue weighted by atomic mass is 9.99. The molecule has 0 saturated heterocycles. The second-order valence-electron chi connectivity index (χ2n) is 22.3. The van der Waals surface area contributed by atoms with E-state index in [4.69, 9.17) is 0 Å². The van der Waals surface area contributed by atoms with Crippen molar-refractivity contribution in [2.24, 2.45) is 0 Å². The normalized spacial score (nSPS) is 11.1. The number of hydrogen-bond donors (Lipinski definition) is 0. The van der Waals surface area contributed by atoms with E-state index in [1.165, 1.54) is 82.2 Å². The Kier molecular flexibility index (Phi) is 15.2. The van der Waals surface area contributed by atoms with Gasteiger partial charge in [0, 0.05) is 76.1 Å². The Morgan fingerprint density at radius 2 is 0.477 bits per heavy atom. The van der Waals surface area contributed by atoms with Crippen molar-refractivity contribution >= 4 is 100.0 Å². The largest absolute Gasteiger partial charge is 0.345 e. The molecule has 420 valence electrons. The summed E-state index contributed by atoms with van der Waals surface area (Å²) in [5, 5.41) is 9.97. The van der Waals surface area contributed by atoms with Gasteiger partial charge in [-0.2, -0.15) is 0 Å². The molecule has 0 atom stereocenters. The highest BCUT2D eigenvalue weighted by atomic mass is 15.1. The maximum absolute atomic E-state index is 2.32. The van der Waals surface area contributed by atoms with Crippen LogP contribution in [0.15, 0.2) is 352 Å². The number of rotatable bonds is 13. The Morgan fingerprint density at radius 1 is 0.170 bits per heavy atom. The molecular formula is C84H64N4. The fraction of sp³-hybridized carbons (Fsp3) is 0.0238. The number of benzene rings is 15. The molecule has 0 bridgehead atoms. The van der Waals surface area contributed by atoms with Gasteiger partial charge in [0.15, 0.2) is 0 Å². The van der Waals surface area contributed by atoms with Crippen LogP contribution in [0.1, 0.15) is 0 Å². The minimum Gasteiger partial charge on any atom is -0.345 e.